The lowest BCUT2D eigenvalue weighted by Gasteiger charge is -2.17. The summed E-state index contributed by atoms with van der Waals surface area (Å²) >= 11 is 0. The fourth-order valence-electron chi connectivity index (χ4n) is 2.70. The average Bonchev–Trinajstić information content (AvgIpc) is 2.90. The van der Waals surface area contributed by atoms with Crippen molar-refractivity contribution >= 4 is 22.8 Å². The van der Waals surface area contributed by atoms with Crippen LogP contribution in [0, 0.1) is 12.8 Å². The maximum atomic E-state index is 12.2. The number of hydrogen-bond donors (Lipinski definition) is 2. The second-order valence-electron chi connectivity index (χ2n) is 5.48. The summed E-state index contributed by atoms with van der Waals surface area (Å²) < 4.78 is 5.56. The Hall–Kier alpha value is -2.56. The maximum absolute atomic E-state index is 12.2. The van der Waals surface area contributed by atoms with Crippen LogP contribution in [0.2, 0.25) is 0 Å². The molecule has 0 spiro atoms. The Bertz CT molecular complexity index is 745. The number of allylic oxidation sites excluding steroid dienone is 2. The van der Waals surface area contributed by atoms with Gasteiger partial charge in [0.25, 0.3) is 0 Å². The number of amides is 2. The molecule has 2 N–H and O–H groups in total. The zero-order valence-corrected chi connectivity index (χ0v) is 12.4. The van der Waals surface area contributed by atoms with Crippen molar-refractivity contribution in [1.82, 2.24) is 10.9 Å². The van der Waals surface area contributed by atoms with Crippen LogP contribution in [0.5, 0.6) is 0 Å². The monoisotopic (exact) mass is 298 g/mol. The molecule has 1 aliphatic rings. The summed E-state index contributed by atoms with van der Waals surface area (Å²) in [5.74, 6) is -0.452. The molecule has 0 saturated carbocycles. The molecule has 1 atom stereocenters. The molecule has 2 aromatic rings. The van der Waals surface area contributed by atoms with Gasteiger partial charge >= 0.3 is 5.91 Å². The Balaban J connectivity index is 1.67. The van der Waals surface area contributed by atoms with Crippen LogP contribution in [0.1, 0.15) is 35.4 Å². The molecule has 0 saturated heterocycles. The Morgan fingerprint density at radius 3 is 2.73 bits per heavy atom. The Morgan fingerprint density at radius 1 is 1.18 bits per heavy atom. The van der Waals surface area contributed by atoms with Crippen molar-refractivity contribution in [2.24, 2.45) is 5.92 Å². The minimum absolute atomic E-state index is 0.0814. The number of nitrogens with one attached hydrogen (secondary N) is 2. The Kier molecular flexibility index (Phi) is 3.96. The van der Waals surface area contributed by atoms with Crippen LogP contribution < -0.4 is 10.9 Å². The van der Waals surface area contributed by atoms with Gasteiger partial charge in [-0.3, -0.25) is 20.4 Å². The van der Waals surface area contributed by atoms with E-state index in [-0.39, 0.29) is 17.6 Å². The molecule has 0 bridgehead atoms. The molecule has 3 rings (SSSR count). The predicted octanol–water partition coefficient (Wildman–Crippen LogP) is 2.86. The van der Waals surface area contributed by atoms with Crippen LogP contribution in [0.4, 0.5) is 0 Å². The number of hydrogen-bond acceptors (Lipinski definition) is 3. The number of carbonyl (C=O) groups excluding carboxylic acids is 2. The molecule has 22 heavy (non-hydrogen) atoms. The number of fused-ring (bicyclic) bond motifs is 1. The molecule has 5 nitrogen and oxygen atoms in total. The van der Waals surface area contributed by atoms with E-state index in [0.717, 1.165) is 23.8 Å². The van der Waals surface area contributed by atoms with Crippen molar-refractivity contribution in [1.29, 1.82) is 0 Å². The van der Waals surface area contributed by atoms with E-state index in [1.54, 1.807) is 0 Å². The summed E-state index contributed by atoms with van der Waals surface area (Å²) in [4.78, 5) is 24.2. The summed E-state index contributed by atoms with van der Waals surface area (Å²) in [5, 5.41) is 0.899. The number of rotatable bonds is 2. The third-order valence-corrected chi connectivity index (χ3v) is 3.99. The first-order valence-corrected chi connectivity index (χ1v) is 7.40. The second-order valence-corrected chi connectivity index (χ2v) is 5.48. The van der Waals surface area contributed by atoms with Crippen molar-refractivity contribution in [3.63, 3.8) is 0 Å². The molecular formula is C17H18N2O3. The second kappa shape index (κ2) is 6.05. The smallest absolute Gasteiger partial charge is 0.305 e. The lowest BCUT2D eigenvalue weighted by molar-refractivity contribution is -0.126. The quantitative estimate of drug-likeness (QED) is 0.661. The van der Waals surface area contributed by atoms with Gasteiger partial charge in [-0.25, -0.2) is 0 Å². The fraction of sp³-hybridized carbons (Fsp3) is 0.294. The van der Waals surface area contributed by atoms with Gasteiger partial charge in [-0.05, 0) is 32.3 Å². The van der Waals surface area contributed by atoms with E-state index >= 15 is 0 Å². The first-order chi connectivity index (χ1) is 10.7. The van der Waals surface area contributed by atoms with E-state index < -0.39 is 5.91 Å². The molecule has 5 heteroatoms. The highest BCUT2D eigenvalue weighted by Crippen LogP contribution is 2.24. The summed E-state index contributed by atoms with van der Waals surface area (Å²) in [6, 6.07) is 7.46. The molecule has 1 aromatic heterocycles. The summed E-state index contributed by atoms with van der Waals surface area (Å²) in [5.41, 5.74) is 6.36. The van der Waals surface area contributed by atoms with Crippen molar-refractivity contribution in [3.05, 3.63) is 47.7 Å². The lowest BCUT2D eigenvalue weighted by atomic mass is 9.94. The van der Waals surface area contributed by atoms with Crippen LogP contribution in [-0.2, 0) is 4.79 Å². The molecule has 1 unspecified atom stereocenters. The van der Waals surface area contributed by atoms with E-state index in [2.05, 4.69) is 16.9 Å². The highest BCUT2D eigenvalue weighted by molar-refractivity contribution is 5.99. The zero-order valence-electron chi connectivity index (χ0n) is 12.4. The average molecular weight is 298 g/mol. The molecule has 114 valence electrons. The van der Waals surface area contributed by atoms with Crippen molar-refractivity contribution in [3.8, 4) is 0 Å². The summed E-state index contributed by atoms with van der Waals surface area (Å²) in [7, 11) is 0. The molecule has 0 fully saturated rings. The number of para-hydroxylation sites is 1. The SMILES string of the molecule is Cc1c(C(=O)NNC(=O)C2CC=CCC2)oc2ccccc12. The standard InChI is InChI=1S/C17H18N2O3/c1-11-13-9-5-6-10-14(13)22-15(11)17(21)19-18-16(20)12-7-3-2-4-8-12/h2-3,5-6,9-10,12H,4,7-8H2,1H3,(H,18,20)(H,19,21). The van der Waals surface area contributed by atoms with Crippen LogP contribution in [0.15, 0.2) is 40.8 Å². The van der Waals surface area contributed by atoms with E-state index in [4.69, 9.17) is 4.42 Å². The summed E-state index contributed by atoms with van der Waals surface area (Å²) in [6.07, 6.45) is 6.49. The maximum Gasteiger partial charge on any atom is 0.305 e. The highest BCUT2D eigenvalue weighted by atomic mass is 16.3. The van der Waals surface area contributed by atoms with Crippen LogP contribution in [-0.4, -0.2) is 11.8 Å². The third-order valence-electron chi connectivity index (χ3n) is 3.99. The molecule has 0 radical (unpaired) electrons. The first-order valence-electron chi connectivity index (χ1n) is 7.40. The van der Waals surface area contributed by atoms with Gasteiger partial charge in [0.2, 0.25) is 5.91 Å². The van der Waals surface area contributed by atoms with Gasteiger partial charge in [0, 0.05) is 16.9 Å². The van der Waals surface area contributed by atoms with Gasteiger partial charge < -0.3 is 4.42 Å². The van der Waals surface area contributed by atoms with Crippen LogP contribution >= 0.6 is 0 Å². The van der Waals surface area contributed by atoms with E-state index in [1.807, 2.05) is 37.3 Å². The minimum atomic E-state index is -0.437. The normalized spacial score (nSPS) is 17.4. The van der Waals surface area contributed by atoms with Gasteiger partial charge in [-0.15, -0.1) is 0 Å². The molecule has 1 heterocycles. The Morgan fingerprint density at radius 2 is 2.00 bits per heavy atom. The zero-order chi connectivity index (χ0) is 15.5. The van der Waals surface area contributed by atoms with Gasteiger partial charge in [0.15, 0.2) is 5.76 Å². The molecule has 0 aliphatic heterocycles. The largest absolute Gasteiger partial charge is 0.451 e. The Labute approximate surface area is 128 Å². The van der Waals surface area contributed by atoms with Gasteiger partial charge in [0.1, 0.15) is 5.58 Å². The van der Waals surface area contributed by atoms with E-state index in [1.165, 1.54) is 0 Å². The van der Waals surface area contributed by atoms with E-state index in [9.17, 15) is 9.59 Å². The van der Waals surface area contributed by atoms with Crippen molar-refractivity contribution in [2.45, 2.75) is 26.2 Å². The number of aryl methyl sites for hydroxylation is 1. The lowest BCUT2D eigenvalue weighted by Crippen LogP contribution is -2.44. The predicted molar refractivity (Wildman–Crippen MR) is 83.0 cm³/mol. The topological polar surface area (TPSA) is 71.3 Å². The minimum Gasteiger partial charge on any atom is -0.451 e. The highest BCUT2D eigenvalue weighted by Gasteiger charge is 2.21. The summed E-state index contributed by atoms with van der Waals surface area (Å²) in [6.45, 7) is 1.83. The van der Waals surface area contributed by atoms with E-state index in [0.29, 0.717) is 12.0 Å². The third kappa shape index (κ3) is 2.74. The van der Waals surface area contributed by atoms with Crippen LogP contribution in [0.3, 0.4) is 0 Å². The molecule has 1 aliphatic carbocycles. The molecule has 2 amide bonds. The number of furan rings is 1. The van der Waals surface area contributed by atoms with Gasteiger partial charge in [-0.1, -0.05) is 30.4 Å². The van der Waals surface area contributed by atoms with Crippen LogP contribution in [0.25, 0.3) is 11.0 Å². The van der Waals surface area contributed by atoms with Crippen molar-refractivity contribution in [2.75, 3.05) is 0 Å². The fourth-order valence-corrected chi connectivity index (χ4v) is 2.70. The number of benzene rings is 1. The first kappa shape index (κ1) is 14.4. The van der Waals surface area contributed by atoms with Crippen molar-refractivity contribution < 1.29 is 14.0 Å². The number of carbonyl (C=O) groups is 2. The number of hydrazine groups is 1. The molecular weight excluding hydrogens is 280 g/mol. The molecule has 1 aromatic carbocycles. The van der Waals surface area contributed by atoms with Gasteiger partial charge in [0.05, 0.1) is 0 Å². The van der Waals surface area contributed by atoms with Gasteiger partial charge in [-0.2, -0.15) is 0 Å².